The number of hydrogen-bond donors (Lipinski definition) is 3. The van der Waals surface area contributed by atoms with Crippen molar-refractivity contribution in [3.8, 4) is 5.75 Å². The number of nitrogens with zero attached hydrogens (tertiary/aromatic N) is 1. The second-order valence-electron chi connectivity index (χ2n) is 7.10. The van der Waals surface area contributed by atoms with Gasteiger partial charge in [-0.05, 0) is 43.5 Å². The van der Waals surface area contributed by atoms with Gasteiger partial charge in [0, 0.05) is 51.9 Å². The van der Waals surface area contributed by atoms with Crippen molar-refractivity contribution < 1.29 is 52.4 Å². The fourth-order valence-corrected chi connectivity index (χ4v) is 3.77. The van der Waals surface area contributed by atoms with Crippen molar-refractivity contribution in [2.24, 2.45) is 0 Å². The van der Waals surface area contributed by atoms with E-state index < -0.39 is 5.60 Å². The molecule has 6 nitrogen and oxygen atoms in total. The molecule has 0 amide bonds. The maximum absolute atomic E-state index is 9.83. The summed E-state index contributed by atoms with van der Waals surface area (Å²) in [5.41, 5.74) is 2.99. The number of hydrogen-bond acceptors (Lipinski definition) is 5. The summed E-state index contributed by atoms with van der Waals surface area (Å²) >= 11 is 0. The average molecular weight is 454 g/mol. The Morgan fingerprint density at radius 1 is 1.22 bits per heavy atom. The largest absolute Gasteiger partial charge is 0.632 e. The molecule has 1 unspecified atom stereocenters. The number of aliphatic hydroxyl groups excluding tert-OH is 1. The van der Waals surface area contributed by atoms with Crippen molar-refractivity contribution in [1.82, 2.24) is 5.32 Å². The second kappa shape index (κ2) is 12.5. The fraction of sp³-hybridized carbons (Fsp3) is 0.700. The van der Waals surface area contributed by atoms with E-state index in [4.69, 9.17) is 14.6 Å². The van der Waals surface area contributed by atoms with Crippen LogP contribution in [-0.4, -0.2) is 49.9 Å². The first-order valence-corrected chi connectivity index (χ1v) is 9.44. The van der Waals surface area contributed by atoms with E-state index in [1.165, 1.54) is 12.0 Å². The summed E-state index contributed by atoms with van der Waals surface area (Å²) in [6, 6.07) is 4.24. The molecule has 1 aliphatic heterocycles. The van der Waals surface area contributed by atoms with E-state index >= 15 is 0 Å². The van der Waals surface area contributed by atoms with Gasteiger partial charge in [0.15, 0.2) is 0 Å². The number of rotatable bonds is 5. The molecule has 7 heteroatoms. The maximum Gasteiger partial charge on any atom is 0.126 e. The number of ether oxygens (including phenoxy) is 2. The fourth-order valence-electron chi connectivity index (χ4n) is 3.77. The molecular weight excluding hydrogens is 421 g/mol. The zero-order valence-electron chi connectivity index (χ0n) is 16.8. The first-order chi connectivity index (χ1) is 12.5. The predicted octanol–water partition coefficient (Wildman–Crippen LogP) is 2.80. The monoisotopic (exact) mass is 454 g/mol. The summed E-state index contributed by atoms with van der Waals surface area (Å²) in [6.45, 7) is 3.37. The zero-order chi connectivity index (χ0) is 19.0. The van der Waals surface area contributed by atoms with E-state index in [2.05, 4.69) is 22.8 Å². The smallest absolute Gasteiger partial charge is 0.126 e. The van der Waals surface area contributed by atoms with Crippen LogP contribution in [0.3, 0.4) is 0 Å². The Kier molecular flexibility index (Phi) is 11.5. The number of methoxy groups -OCH3 is 2. The van der Waals surface area contributed by atoms with Gasteiger partial charge in [0.25, 0.3) is 0 Å². The quantitative estimate of drug-likeness (QED) is 0.596. The number of fused-ring (bicyclic) bond motifs is 1. The molecule has 1 saturated carbocycles. The van der Waals surface area contributed by atoms with Crippen LogP contribution < -0.4 is 10.1 Å². The van der Waals surface area contributed by atoms with Crippen molar-refractivity contribution in [2.45, 2.75) is 57.3 Å². The molecule has 1 heterocycles. The SMILES string of the molecule is COc1c(C)ccc2c1C(OC)[N-]CC2.OCNCC1(O)CCCCC1.[Y]. The average Bonchev–Trinajstić information content (AvgIpc) is 2.67. The Bertz CT molecular complexity index is 565. The topological polar surface area (TPSA) is 85.1 Å². The van der Waals surface area contributed by atoms with Crippen molar-refractivity contribution in [1.29, 1.82) is 0 Å². The third-order valence-corrected chi connectivity index (χ3v) is 5.18. The minimum Gasteiger partial charge on any atom is -0.632 e. The molecule has 1 atom stereocenters. The zero-order valence-corrected chi connectivity index (χ0v) is 19.7. The van der Waals surface area contributed by atoms with Gasteiger partial charge in [-0.1, -0.05) is 31.4 Å². The van der Waals surface area contributed by atoms with Crippen molar-refractivity contribution in [3.63, 3.8) is 0 Å². The summed E-state index contributed by atoms with van der Waals surface area (Å²) in [4.78, 5) is 0. The van der Waals surface area contributed by atoms with Gasteiger partial charge in [-0.25, -0.2) is 0 Å². The number of nitrogens with one attached hydrogen (secondary N) is 1. The number of aryl methyl sites for hydroxylation is 1. The van der Waals surface area contributed by atoms with E-state index in [0.29, 0.717) is 6.54 Å². The molecule has 0 aromatic heterocycles. The van der Waals surface area contributed by atoms with Crippen LogP contribution in [0, 0.1) is 6.92 Å². The van der Waals surface area contributed by atoms with Crippen LogP contribution in [0.4, 0.5) is 0 Å². The second-order valence-corrected chi connectivity index (χ2v) is 7.10. The van der Waals surface area contributed by atoms with Crippen molar-refractivity contribution in [2.75, 3.05) is 34.0 Å². The van der Waals surface area contributed by atoms with E-state index in [-0.39, 0.29) is 45.7 Å². The Balaban J connectivity index is 0.000000273. The van der Waals surface area contributed by atoms with Gasteiger partial charge >= 0.3 is 0 Å². The van der Waals surface area contributed by atoms with E-state index in [9.17, 15) is 5.11 Å². The molecule has 0 saturated heterocycles. The minimum absolute atomic E-state index is 0. The summed E-state index contributed by atoms with van der Waals surface area (Å²) < 4.78 is 10.8. The Labute approximate surface area is 188 Å². The summed E-state index contributed by atoms with van der Waals surface area (Å²) in [5, 5.41) is 25.5. The third-order valence-electron chi connectivity index (χ3n) is 5.18. The van der Waals surface area contributed by atoms with Crippen LogP contribution in [0.5, 0.6) is 5.75 Å². The standard InChI is InChI=1S/C12H16NO2.C8H17NO2.Y/c1-8-4-5-9-6-7-13-12(15-3)10(9)11(8)14-2;10-7-9-6-8(11)4-2-1-3-5-8;/h4-5,12H,6-7H2,1-3H3;9-11H,1-7H2;/q-1;;. The molecule has 1 aromatic rings. The molecule has 151 valence electrons. The van der Waals surface area contributed by atoms with Crippen molar-refractivity contribution >= 4 is 0 Å². The normalized spacial score (nSPS) is 20.6. The summed E-state index contributed by atoms with van der Waals surface area (Å²) in [6.07, 6.45) is 6.03. The van der Waals surface area contributed by atoms with Gasteiger partial charge in [0.1, 0.15) is 5.75 Å². The molecule has 0 spiro atoms. The molecule has 2 aliphatic rings. The Morgan fingerprint density at radius 3 is 2.52 bits per heavy atom. The van der Waals surface area contributed by atoms with Crippen LogP contribution in [0.2, 0.25) is 0 Å². The first-order valence-electron chi connectivity index (χ1n) is 9.44. The minimum atomic E-state index is -0.541. The van der Waals surface area contributed by atoms with Crippen LogP contribution in [0.15, 0.2) is 12.1 Å². The van der Waals surface area contributed by atoms with E-state index in [1.54, 1.807) is 14.2 Å². The molecule has 1 aliphatic carbocycles. The number of benzene rings is 1. The molecule has 3 N–H and O–H groups in total. The molecule has 1 fully saturated rings. The summed E-state index contributed by atoms with van der Waals surface area (Å²) in [7, 11) is 3.38. The van der Waals surface area contributed by atoms with Crippen molar-refractivity contribution in [3.05, 3.63) is 34.1 Å². The van der Waals surface area contributed by atoms with Gasteiger partial charge in [-0.3, -0.25) is 5.32 Å². The van der Waals surface area contributed by atoms with Gasteiger partial charge in [-0.15, -0.1) is 6.54 Å². The third kappa shape index (κ3) is 7.04. The molecular formula is C20H33N2O4Y-. The van der Waals surface area contributed by atoms with Gasteiger partial charge in [0.05, 0.1) is 19.4 Å². The van der Waals surface area contributed by atoms with E-state index in [1.807, 2.05) is 6.92 Å². The first kappa shape index (κ1) is 25.0. The summed E-state index contributed by atoms with van der Waals surface area (Å²) in [5.74, 6) is 0.919. The van der Waals surface area contributed by atoms with Crippen LogP contribution in [0.1, 0.15) is 55.0 Å². The van der Waals surface area contributed by atoms with E-state index in [0.717, 1.165) is 55.5 Å². The predicted molar refractivity (Wildman–Crippen MR) is 103 cm³/mol. The van der Waals surface area contributed by atoms with Gasteiger partial charge < -0.3 is 25.0 Å². The van der Waals surface area contributed by atoms with Gasteiger partial charge in [-0.2, -0.15) is 0 Å². The molecule has 1 aromatic carbocycles. The van der Waals surface area contributed by atoms with Crippen LogP contribution in [0.25, 0.3) is 5.32 Å². The number of aliphatic hydroxyl groups is 2. The molecule has 3 rings (SSSR count). The Morgan fingerprint density at radius 2 is 1.93 bits per heavy atom. The maximum atomic E-state index is 9.83. The Hall–Kier alpha value is -0.0761. The molecule has 0 bridgehead atoms. The molecule has 1 radical (unpaired) electrons. The molecule has 27 heavy (non-hydrogen) atoms. The van der Waals surface area contributed by atoms with Gasteiger partial charge in [0.2, 0.25) is 0 Å². The van der Waals surface area contributed by atoms with Crippen LogP contribution in [-0.2, 0) is 43.9 Å². The van der Waals surface area contributed by atoms with Crippen LogP contribution >= 0.6 is 0 Å².